The highest BCUT2D eigenvalue weighted by molar-refractivity contribution is 6.30. The van der Waals surface area contributed by atoms with Crippen LogP contribution in [-0.4, -0.2) is 36.6 Å². The smallest absolute Gasteiger partial charge is 0.337 e. The van der Waals surface area contributed by atoms with Crippen molar-refractivity contribution in [3.8, 4) is 0 Å². The van der Waals surface area contributed by atoms with Crippen LogP contribution in [0.25, 0.3) is 0 Å². The van der Waals surface area contributed by atoms with Gasteiger partial charge in [-0.2, -0.15) is 0 Å². The topological polar surface area (TPSA) is 99.8 Å². The summed E-state index contributed by atoms with van der Waals surface area (Å²) < 4.78 is 4.98. The molecule has 1 aliphatic rings. The fraction of sp³-hybridized carbons (Fsp3) is 0.261. The summed E-state index contributed by atoms with van der Waals surface area (Å²) in [7, 11) is 1.30. The van der Waals surface area contributed by atoms with Crippen LogP contribution in [0.2, 0.25) is 5.02 Å². The van der Waals surface area contributed by atoms with E-state index >= 15 is 0 Å². The van der Waals surface area contributed by atoms with Crippen LogP contribution in [0.4, 0.5) is 21.0 Å². The van der Waals surface area contributed by atoms with Crippen molar-refractivity contribution in [2.75, 3.05) is 24.3 Å². The number of halogens is 1. The number of benzene rings is 2. The van der Waals surface area contributed by atoms with Crippen LogP contribution >= 0.6 is 11.6 Å². The van der Waals surface area contributed by atoms with Crippen molar-refractivity contribution in [3.63, 3.8) is 0 Å². The molecular weight excluding hydrogens is 432 g/mol. The Hall–Kier alpha value is -3.52. The number of carbonyl (C=O) groups excluding carboxylic acids is 3. The third-order valence-electron chi connectivity index (χ3n) is 5.01. The van der Waals surface area contributed by atoms with Gasteiger partial charge in [0.15, 0.2) is 0 Å². The SMILES string of the molecule is CCCN1C(=O)NC(c2cccc(NC(=O)Nc3cccc(Cl)c3)c2)C(C(=O)OC)=C1C. The molecule has 2 aromatic rings. The second kappa shape index (κ2) is 10.2. The van der Waals surface area contributed by atoms with Crippen molar-refractivity contribution in [1.29, 1.82) is 0 Å². The molecule has 0 aromatic heterocycles. The van der Waals surface area contributed by atoms with Crippen molar-refractivity contribution in [2.24, 2.45) is 0 Å². The molecule has 0 aliphatic carbocycles. The summed E-state index contributed by atoms with van der Waals surface area (Å²) in [6.45, 7) is 4.17. The molecule has 1 atom stereocenters. The van der Waals surface area contributed by atoms with Gasteiger partial charge in [0, 0.05) is 28.6 Å². The van der Waals surface area contributed by atoms with Crippen LogP contribution in [0, 0.1) is 0 Å². The first-order valence-electron chi connectivity index (χ1n) is 10.1. The molecule has 0 radical (unpaired) electrons. The number of rotatable bonds is 6. The van der Waals surface area contributed by atoms with E-state index in [0.717, 1.165) is 6.42 Å². The Morgan fingerprint density at radius 2 is 1.78 bits per heavy atom. The van der Waals surface area contributed by atoms with Gasteiger partial charge in [-0.1, -0.05) is 36.7 Å². The van der Waals surface area contributed by atoms with E-state index < -0.39 is 18.0 Å². The highest BCUT2D eigenvalue weighted by Crippen LogP contribution is 2.32. The summed E-state index contributed by atoms with van der Waals surface area (Å²) in [5, 5.41) is 8.84. The molecule has 2 aromatic carbocycles. The molecule has 1 aliphatic heterocycles. The fourth-order valence-electron chi connectivity index (χ4n) is 3.55. The van der Waals surface area contributed by atoms with E-state index in [-0.39, 0.29) is 6.03 Å². The van der Waals surface area contributed by atoms with Crippen molar-refractivity contribution < 1.29 is 19.1 Å². The Balaban J connectivity index is 1.86. The van der Waals surface area contributed by atoms with Gasteiger partial charge < -0.3 is 20.7 Å². The van der Waals surface area contributed by atoms with Gasteiger partial charge in [-0.15, -0.1) is 0 Å². The maximum absolute atomic E-state index is 12.7. The molecule has 1 unspecified atom stereocenters. The van der Waals surface area contributed by atoms with Crippen LogP contribution < -0.4 is 16.0 Å². The van der Waals surface area contributed by atoms with Crippen LogP contribution in [0.15, 0.2) is 59.8 Å². The maximum atomic E-state index is 12.7. The molecule has 0 fully saturated rings. The van der Waals surface area contributed by atoms with Gasteiger partial charge in [-0.25, -0.2) is 14.4 Å². The number of anilines is 2. The summed E-state index contributed by atoms with van der Waals surface area (Å²) >= 11 is 5.95. The predicted octanol–water partition coefficient (Wildman–Crippen LogP) is 4.91. The van der Waals surface area contributed by atoms with Gasteiger partial charge in [0.1, 0.15) is 0 Å². The van der Waals surface area contributed by atoms with Crippen molar-refractivity contribution >= 4 is 41.0 Å². The van der Waals surface area contributed by atoms with E-state index in [4.69, 9.17) is 16.3 Å². The van der Waals surface area contributed by atoms with Crippen LogP contribution in [-0.2, 0) is 9.53 Å². The van der Waals surface area contributed by atoms with Crippen LogP contribution in [0.3, 0.4) is 0 Å². The van der Waals surface area contributed by atoms with E-state index in [2.05, 4.69) is 16.0 Å². The third-order valence-corrected chi connectivity index (χ3v) is 5.24. The minimum absolute atomic E-state index is 0.293. The number of esters is 1. The lowest BCUT2D eigenvalue weighted by molar-refractivity contribution is -0.136. The number of hydrogen-bond donors (Lipinski definition) is 3. The zero-order chi connectivity index (χ0) is 23.3. The number of nitrogens with one attached hydrogen (secondary N) is 3. The maximum Gasteiger partial charge on any atom is 0.337 e. The average molecular weight is 457 g/mol. The van der Waals surface area contributed by atoms with Gasteiger partial charge in [-0.3, -0.25) is 4.90 Å². The summed E-state index contributed by atoms with van der Waals surface area (Å²) in [6.07, 6.45) is 0.741. The van der Waals surface area contributed by atoms with Crippen LogP contribution in [0.5, 0.6) is 0 Å². The van der Waals surface area contributed by atoms with Gasteiger partial charge in [-0.05, 0) is 49.2 Å². The highest BCUT2D eigenvalue weighted by atomic mass is 35.5. The van der Waals surface area contributed by atoms with E-state index in [9.17, 15) is 14.4 Å². The minimum Gasteiger partial charge on any atom is -0.466 e. The molecule has 3 N–H and O–H groups in total. The summed E-state index contributed by atoms with van der Waals surface area (Å²) in [6, 6.07) is 12.3. The average Bonchev–Trinajstić information content (AvgIpc) is 2.76. The number of amides is 4. The van der Waals surface area contributed by atoms with E-state index in [1.54, 1.807) is 55.5 Å². The summed E-state index contributed by atoms with van der Waals surface area (Å²) in [4.78, 5) is 39.2. The largest absolute Gasteiger partial charge is 0.466 e. The molecule has 1 heterocycles. The number of allylic oxidation sites excluding steroid dienone is 1. The normalized spacial score (nSPS) is 15.8. The Kier molecular flexibility index (Phi) is 7.37. The minimum atomic E-state index is -0.708. The van der Waals surface area contributed by atoms with Crippen LogP contribution in [0.1, 0.15) is 31.9 Å². The molecular formula is C23H25ClN4O4. The molecule has 9 heteroatoms. The lowest BCUT2D eigenvalue weighted by Crippen LogP contribution is -2.48. The molecule has 32 heavy (non-hydrogen) atoms. The highest BCUT2D eigenvalue weighted by Gasteiger charge is 2.36. The number of methoxy groups -OCH3 is 1. The van der Waals surface area contributed by atoms with Crippen molar-refractivity contribution in [2.45, 2.75) is 26.3 Å². The van der Waals surface area contributed by atoms with Gasteiger partial charge in [0.05, 0.1) is 18.7 Å². The van der Waals surface area contributed by atoms with Crippen molar-refractivity contribution in [1.82, 2.24) is 10.2 Å². The quantitative estimate of drug-likeness (QED) is 0.538. The molecule has 3 rings (SSSR count). The molecule has 0 saturated carbocycles. The number of urea groups is 2. The second-order valence-electron chi connectivity index (χ2n) is 7.24. The lowest BCUT2D eigenvalue weighted by atomic mass is 9.94. The number of hydrogen-bond acceptors (Lipinski definition) is 4. The molecule has 8 nitrogen and oxygen atoms in total. The Bertz CT molecular complexity index is 1070. The number of nitrogens with zero attached hydrogens (tertiary/aromatic N) is 1. The Labute approximate surface area is 191 Å². The summed E-state index contributed by atoms with van der Waals surface area (Å²) in [5.74, 6) is -0.523. The van der Waals surface area contributed by atoms with E-state index in [0.29, 0.717) is 39.8 Å². The second-order valence-corrected chi connectivity index (χ2v) is 7.68. The molecule has 0 spiro atoms. The van der Waals surface area contributed by atoms with Gasteiger partial charge in [0.2, 0.25) is 0 Å². The first kappa shape index (κ1) is 23.1. The lowest BCUT2D eigenvalue weighted by Gasteiger charge is -2.35. The standard InChI is InChI=1S/C23H25ClN4O4/c1-4-11-28-14(2)19(21(29)32-3)20(27-23(28)31)15-7-5-9-17(12-15)25-22(30)26-18-10-6-8-16(24)13-18/h5-10,12-13,20H,4,11H2,1-3H3,(H,27,31)(H2,25,26,30). The molecule has 4 amide bonds. The molecule has 168 valence electrons. The predicted molar refractivity (Wildman–Crippen MR) is 124 cm³/mol. The molecule has 0 bridgehead atoms. The monoisotopic (exact) mass is 456 g/mol. The van der Waals surface area contributed by atoms with Gasteiger partial charge in [0.25, 0.3) is 0 Å². The number of ether oxygens (including phenoxy) is 1. The zero-order valence-corrected chi connectivity index (χ0v) is 18.8. The Morgan fingerprint density at radius 1 is 1.12 bits per heavy atom. The first-order valence-corrected chi connectivity index (χ1v) is 10.5. The first-order chi connectivity index (χ1) is 15.3. The molecule has 0 saturated heterocycles. The van der Waals surface area contributed by atoms with E-state index in [1.807, 2.05) is 6.92 Å². The van der Waals surface area contributed by atoms with Crippen molar-refractivity contribution in [3.05, 3.63) is 70.4 Å². The Morgan fingerprint density at radius 3 is 2.41 bits per heavy atom. The summed E-state index contributed by atoms with van der Waals surface area (Å²) in [5.41, 5.74) is 2.57. The zero-order valence-electron chi connectivity index (χ0n) is 18.1. The van der Waals surface area contributed by atoms with E-state index in [1.165, 1.54) is 12.0 Å². The third kappa shape index (κ3) is 5.20. The van der Waals surface area contributed by atoms with Gasteiger partial charge >= 0.3 is 18.0 Å². The fourth-order valence-corrected chi connectivity index (χ4v) is 3.74. The number of carbonyl (C=O) groups is 3.